The summed E-state index contributed by atoms with van der Waals surface area (Å²) in [5.41, 5.74) is 5.69. The highest BCUT2D eigenvalue weighted by atomic mass is 32.2. The standard InChI is InChI=1S/C21H22FN3O6S2/c1-2-30-21(27)18-15(14(11-23)19(24)32-18)12-31-20(26)13-6-7-16(22)17(10-13)33(28,29)25-8-4-3-5-9-25/h6-7,10H,2-5,8-9,12,24H2,1H3. The number of rotatable bonds is 7. The first-order valence-corrected chi connectivity index (χ1v) is 12.4. The molecule has 33 heavy (non-hydrogen) atoms. The Hall–Kier alpha value is -3.01. The van der Waals surface area contributed by atoms with E-state index in [-0.39, 0.29) is 46.3 Å². The molecule has 2 aromatic rings. The number of ether oxygens (including phenoxy) is 2. The molecule has 1 fully saturated rings. The van der Waals surface area contributed by atoms with Gasteiger partial charge in [0.1, 0.15) is 33.3 Å². The highest BCUT2D eigenvalue weighted by molar-refractivity contribution is 7.89. The van der Waals surface area contributed by atoms with Crippen molar-refractivity contribution in [2.45, 2.75) is 37.7 Å². The minimum absolute atomic E-state index is 0.0108. The summed E-state index contributed by atoms with van der Waals surface area (Å²) in [4.78, 5) is 24.2. The SMILES string of the molecule is CCOC(=O)c1sc(N)c(C#N)c1COC(=O)c1ccc(F)c(S(=O)(=O)N2CCCCC2)c1. The number of nitrogens with two attached hydrogens (primary N) is 1. The zero-order valence-electron chi connectivity index (χ0n) is 17.8. The summed E-state index contributed by atoms with van der Waals surface area (Å²) in [5, 5.41) is 9.43. The average molecular weight is 496 g/mol. The molecule has 0 radical (unpaired) electrons. The smallest absolute Gasteiger partial charge is 0.348 e. The van der Waals surface area contributed by atoms with Crippen molar-refractivity contribution < 1.29 is 31.9 Å². The fourth-order valence-corrected chi connectivity index (χ4v) is 5.92. The number of nitriles is 1. The summed E-state index contributed by atoms with van der Waals surface area (Å²) in [6.07, 6.45) is 2.25. The van der Waals surface area contributed by atoms with Crippen LogP contribution in [0.3, 0.4) is 0 Å². The molecule has 1 aromatic carbocycles. The molecule has 1 aromatic heterocycles. The lowest BCUT2D eigenvalue weighted by Gasteiger charge is -2.26. The molecule has 9 nitrogen and oxygen atoms in total. The number of hydrogen-bond acceptors (Lipinski definition) is 9. The van der Waals surface area contributed by atoms with Gasteiger partial charge in [0.25, 0.3) is 0 Å². The fourth-order valence-electron chi connectivity index (χ4n) is 3.40. The minimum atomic E-state index is -4.12. The Kier molecular flexibility index (Phi) is 7.68. The largest absolute Gasteiger partial charge is 0.462 e. The monoisotopic (exact) mass is 495 g/mol. The minimum Gasteiger partial charge on any atom is -0.462 e. The van der Waals surface area contributed by atoms with E-state index in [1.165, 1.54) is 4.31 Å². The van der Waals surface area contributed by atoms with E-state index in [4.69, 9.17) is 15.2 Å². The maximum Gasteiger partial charge on any atom is 0.348 e. The Balaban J connectivity index is 1.85. The number of piperidine rings is 1. The van der Waals surface area contributed by atoms with E-state index in [2.05, 4.69) is 0 Å². The van der Waals surface area contributed by atoms with Crippen LogP contribution in [0.2, 0.25) is 0 Å². The van der Waals surface area contributed by atoms with Gasteiger partial charge in [0.05, 0.1) is 17.7 Å². The van der Waals surface area contributed by atoms with Gasteiger partial charge in [-0.1, -0.05) is 6.42 Å². The van der Waals surface area contributed by atoms with E-state index in [9.17, 15) is 27.7 Å². The molecule has 0 amide bonds. The number of hydrogen-bond donors (Lipinski definition) is 1. The highest BCUT2D eigenvalue weighted by Gasteiger charge is 2.30. The molecule has 0 spiro atoms. The van der Waals surface area contributed by atoms with Gasteiger partial charge in [0.2, 0.25) is 10.0 Å². The fraction of sp³-hybridized carbons (Fsp3) is 0.381. The van der Waals surface area contributed by atoms with Crippen LogP contribution < -0.4 is 5.73 Å². The lowest BCUT2D eigenvalue weighted by Crippen LogP contribution is -2.36. The molecule has 1 aliphatic heterocycles. The zero-order valence-corrected chi connectivity index (χ0v) is 19.4. The number of halogens is 1. The number of benzene rings is 1. The van der Waals surface area contributed by atoms with Crippen LogP contribution in [0.1, 0.15) is 57.3 Å². The van der Waals surface area contributed by atoms with E-state index in [1.54, 1.807) is 6.92 Å². The number of thiophene rings is 1. The van der Waals surface area contributed by atoms with Crippen LogP contribution in [-0.4, -0.2) is 44.4 Å². The molecular formula is C21H22FN3O6S2. The summed E-state index contributed by atoms with van der Waals surface area (Å²) in [6, 6.07) is 4.79. The summed E-state index contributed by atoms with van der Waals surface area (Å²) < 4.78 is 51.5. The Labute approximate surface area is 194 Å². The van der Waals surface area contributed by atoms with E-state index in [1.807, 2.05) is 6.07 Å². The molecule has 176 valence electrons. The molecule has 12 heteroatoms. The maximum atomic E-state index is 14.4. The van der Waals surface area contributed by atoms with E-state index in [0.717, 1.165) is 36.0 Å². The number of esters is 2. The number of nitrogens with zero attached hydrogens (tertiary/aromatic N) is 2. The second-order valence-corrected chi connectivity index (χ2v) is 10.1. The van der Waals surface area contributed by atoms with Gasteiger partial charge >= 0.3 is 11.9 Å². The van der Waals surface area contributed by atoms with Crippen LogP contribution in [0.4, 0.5) is 9.39 Å². The van der Waals surface area contributed by atoms with Crippen molar-refractivity contribution in [3.05, 3.63) is 45.6 Å². The highest BCUT2D eigenvalue weighted by Crippen LogP contribution is 2.32. The van der Waals surface area contributed by atoms with E-state index in [0.29, 0.717) is 12.8 Å². The van der Waals surface area contributed by atoms with Crippen molar-refractivity contribution in [1.29, 1.82) is 5.26 Å². The molecule has 1 aliphatic rings. The third kappa shape index (κ3) is 5.16. The number of carbonyl (C=O) groups is 2. The van der Waals surface area contributed by atoms with Crippen molar-refractivity contribution in [3.8, 4) is 6.07 Å². The molecular weight excluding hydrogens is 473 g/mol. The number of anilines is 1. The van der Waals surface area contributed by atoms with Crippen LogP contribution in [0.15, 0.2) is 23.1 Å². The van der Waals surface area contributed by atoms with E-state index >= 15 is 0 Å². The van der Waals surface area contributed by atoms with Gasteiger partial charge in [0, 0.05) is 18.7 Å². The summed E-state index contributed by atoms with van der Waals surface area (Å²) in [7, 11) is -4.12. The Morgan fingerprint density at radius 3 is 2.55 bits per heavy atom. The lowest BCUT2D eigenvalue weighted by molar-refractivity contribution is 0.0452. The molecule has 0 unspecified atom stereocenters. The lowest BCUT2D eigenvalue weighted by atomic mass is 10.1. The summed E-state index contributed by atoms with van der Waals surface area (Å²) in [5.74, 6) is -2.63. The van der Waals surface area contributed by atoms with Gasteiger partial charge in [-0.3, -0.25) is 0 Å². The summed E-state index contributed by atoms with van der Waals surface area (Å²) in [6.45, 7) is 1.80. The van der Waals surface area contributed by atoms with E-state index < -0.39 is 39.3 Å². The molecule has 0 saturated carbocycles. The number of nitrogen functional groups attached to an aromatic ring is 1. The topological polar surface area (TPSA) is 140 Å². The van der Waals surface area contributed by atoms with Crippen LogP contribution in [0, 0.1) is 17.1 Å². The molecule has 3 rings (SSSR count). The predicted molar refractivity (Wildman–Crippen MR) is 118 cm³/mol. The van der Waals surface area contributed by atoms with Crippen molar-refractivity contribution in [2.24, 2.45) is 0 Å². The first-order valence-electron chi connectivity index (χ1n) is 10.2. The van der Waals surface area contributed by atoms with Crippen LogP contribution in [0.25, 0.3) is 0 Å². The molecule has 0 bridgehead atoms. The molecule has 1 saturated heterocycles. The van der Waals surface area contributed by atoms with Gasteiger partial charge in [-0.05, 0) is 38.0 Å². The zero-order chi connectivity index (χ0) is 24.2. The Bertz CT molecular complexity index is 1210. The van der Waals surface area contributed by atoms with Crippen LogP contribution in [0.5, 0.6) is 0 Å². The Morgan fingerprint density at radius 1 is 1.21 bits per heavy atom. The first-order chi connectivity index (χ1) is 15.7. The Morgan fingerprint density at radius 2 is 1.91 bits per heavy atom. The van der Waals surface area contributed by atoms with Crippen molar-refractivity contribution >= 4 is 38.3 Å². The van der Waals surface area contributed by atoms with Crippen molar-refractivity contribution in [2.75, 3.05) is 25.4 Å². The normalized spacial score (nSPS) is 14.5. The van der Waals surface area contributed by atoms with Crippen LogP contribution in [-0.2, 0) is 26.1 Å². The first kappa shape index (κ1) is 24.6. The van der Waals surface area contributed by atoms with Crippen molar-refractivity contribution in [1.82, 2.24) is 4.31 Å². The average Bonchev–Trinajstić information content (AvgIpc) is 3.13. The predicted octanol–water partition coefficient (Wildman–Crippen LogP) is 3.05. The molecule has 2 heterocycles. The number of sulfonamides is 1. The third-order valence-corrected chi connectivity index (χ3v) is 8.01. The molecule has 2 N–H and O–H groups in total. The quantitative estimate of drug-likeness (QED) is 0.578. The summed E-state index contributed by atoms with van der Waals surface area (Å²) >= 11 is 0.840. The second kappa shape index (κ2) is 10.3. The van der Waals surface area contributed by atoms with Gasteiger partial charge in [-0.2, -0.15) is 9.57 Å². The molecule has 0 aliphatic carbocycles. The van der Waals surface area contributed by atoms with Gasteiger partial charge < -0.3 is 15.2 Å². The van der Waals surface area contributed by atoms with Gasteiger partial charge in [-0.25, -0.2) is 22.4 Å². The maximum absolute atomic E-state index is 14.4. The van der Waals surface area contributed by atoms with Crippen molar-refractivity contribution in [3.63, 3.8) is 0 Å². The third-order valence-electron chi connectivity index (χ3n) is 5.05. The second-order valence-electron chi connectivity index (χ2n) is 7.17. The number of carbonyl (C=O) groups excluding carboxylic acids is 2. The van der Waals surface area contributed by atoms with Crippen LogP contribution >= 0.6 is 11.3 Å². The van der Waals surface area contributed by atoms with Gasteiger partial charge in [0.15, 0.2) is 0 Å². The van der Waals surface area contributed by atoms with Gasteiger partial charge in [-0.15, -0.1) is 11.3 Å². The molecule has 0 atom stereocenters.